The highest BCUT2D eigenvalue weighted by Gasteiger charge is 2.12. The van der Waals surface area contributed by atoms with Crippen LogP contribution in [0.25, 0.3) is 16.3 Å². The summed E-state index contributed by atoms with van der Waals surface area (Å²) >= 11 is 1.45. The summed E-state index contributed by atoms with van der Waals surface area (Å²) < 4.78 is 13.6. The minimum atomic E-state index is -0.346. The topological polar surface area (TPSA) is 52.8 Å². The zero-order valence-electron chi connectivity index (χ0n) is 14.6. The van der Waals surface area contributed by atoms with Crippen molar-refractivity contribution in [3.05, 3.63) is 58.4 Å². The average Bonchev–Trinajstić information content (AvgIpc) is 3.24. The third-order valence-corrected chi connectivity index (χ3v) is 5.15. The molecule has 0 aliphatic carbocycles. The number of thiazole rings is 1. The van der Waals surface area contributed by atoms with E-state index in [4.69, 9.17) is 15.9 Å². The number of aromatic nitrogens is 1. The van der Waals surface area contributed by atoms with Crippen molar-refractivity contribution in [2.24, 2.45) is 4.99 Å². The van der Waals surface area contributed by atoms with Crippen LogP contribution in [0.2, 0.25) is 0 Å². The molecule has 0 fully saturated rings. The molecule has 27 heavy (non-hydrogen) atoms. The van der Waals surface area contributed by atoms with Crippen LogP contribution in [-0.2, 0) is 11.3 Å². The van der Waals surface area contributed by atoms with Gasteiger partial charge in [0.1, 0.15) is 0 Å². The van der Waals surface area contributed by atoms with E-state index in [1.165, 1.54) is 17.4 Å². The van der Waals surface area contributed by atoms with Gasteiger partial charge in [0.15, 0.2) is 16.3 Å². The molecule has 3 aromatic rings. The molecular weight excluding hydrogens is 360 g/mol. The van der Waals surface area contributed by atoms with Crippen LogP contribution in [-0.4, -0.2) is 17.3 Å². The number of terminal acetylenes is 1. The molecule has 0 saturated carbocycles. The normalized spacial score (nSPS) is 13.4. The molecule has 0 saturated heterocycles. The van der Waals surface area contributed by atoms with Crippen molar-refractivity contribution in [3.63, 3.8) is 0 Å². The van der Waals surface area contributed by atoms with Gasteiger partial charge in [0.25, 0.3) is 5.91 Å². The summed E-state index contributed by atoms with van der Waals surface area (Å²) in [5.41, 5.74) is 2.97. The summed E-state index contributed by atoms with van der Waals surface area (Å²) in [7, 11) is 0. The number of carbonyl (C=O) groups excluding carboxylic acids is 1. The average molecular weight is 376 g/mol. The Hall–Kier alpha value is -3.30. The quantitative estimate of drug-likeness (QED) is 0.519. The number of hydrogen-bond acceptors (Lipinski definition) is 4. The van der Waals surface area contributed by atoms with Crippen LogP contribution in [0.3, 0.4) is 0 Å². The molecule has 1 aliphatic heterocycles. The Morgan fingerprint density at radius 3 is 3.00 bits per heavy atom. The summed E-state index contributed by atoms with van der Waals surface area (Å²) in [6.07, 6.45) is 8.63. The second-order valence-corrected chi connectivity index (χ2v) is 7.05. The van der Waals surface area contributed by atoms with E-state index in [1.807, 2.05) is 41.8 Å². The van der Waals surface area contributed by atoms with Gasteiger partial charge in [-0.15, -0.1) is 6.42 Å². The molecular formula is C21H16N2O3S. The molecule has 0 N–H and O–H groups in total. The van der Waals surface area contributed by atoms with E-state index in [9.17, 15) is 4.79 Å². The van der Waals surface area contributed by atoms with Gasteiger partial charge in [0, 0.05) is 6.08 Å². The first-order valence-corrected chi connectivity index (χ1v) is 9.15. The maximum atomic E-state index is 12.4. The molecule has 2 heterocycles. The molecule has 134 valence electrons. The summed E-state index contributed by atoms with van der Waals surface area (Å²) in [5.74, 6) is 3.66. The maximum absolute atomic E-state index is 12.4. The fraction of sp³-hybridized carbons (Fsp3) is 0.143. The molecule has 0 bridgehead atoms. The Balaban J connectivity index is 1.65. The first-order chi connectivity index (χ1) is 13.1. The van der Waals surface area contributed by atoms with Gasteiger partial charge in [-0.25, -0.2) is 0 Å². The Bertz CT molecular complexity index is 1180. The second kappa shape index (κ2) is 7.14. The van der Waals surface area contributed by atoms with Crippen LogP contribution < -0.4 is 14.3 Å². The van der Waals surface area contributed by atoms with Gasteiger partial charge in [-0.05, 0) is 48.4 Å². The first-order valence-electron chi connectivity index (χ1n) is 8.34. The lowest BCUT2D eigenvalue weighted by Gasteiger charge is -1.99. The van der Waals surface area contributed by atoms with Crippen molar-refractivity contribution in [2.45, 2.75) is 13.5 Å². The van der Waals surface area contributed by atoms with E-state index in [1.54, 1.807) is 6.08 Å². The number of benzene rings is 2. The third-order valence-electron chi connectivity index (χ3n) is 4.11. The largest absolute Gasteiger partial charge is 0.454 e. The molecule has 0 radical (unpaired) electrons. The number of rotatable bonds is 3. The summed E-state index contributed by atoms with van der Waals surface area (Å²) in [6, 6.07) is 11.6. The Morgan fingerprint density at radius 1 is 1.30 bits per heavy atom. The fourth-order valence-electron chi connectivity index (χ4n) is 2.83. The highest BCUT2D eigenvalue weighted by atomic mass is 32.1. The highest BCUT2D eigenvalue weighted by molar-refractivity contribution is 7.16. The van der Waals surface area contributed by atoms with E-state index in [-0.39, 0.29) is 12.7 Å². The van der Waals surface area contributed by atoms with Crippen molar-refractivity contribution < 1.29 is 14.3 Å². The number of ether oxygens (including phenoxy) is 2. The lowest BCUT2D eigenvalue weighted by Crippen LogP contribution is -2.15. The van der Waals surface area contributed by atoms with Crippen LogP contribution in [0.4, 0.5) is 0 Å². The monoisotopic (exact) mass is 376 g/mol. The Kier molecular flexibility index (Phi) is 4.53. The van der Waals surface area contributed by atoms with E-state index in [2.05, 4.69) is 17.0 Å². The number of fused-ring (bicyclic) bond motifs is 2. The molecule has 1 aliphatic rings. The Morgan fingerprint density at radius 2 is 2.15 bits per heavy atom. The molecule has 0 atom stereocenters. The van der Waals surface area contributed by atoms with Gasteiger partial charge < -0.3 is 14.0 Å². The SMILES string of the molecule is C#CCn1c(=NC(=O)C=Cc2ccc3c(c2)OCO3)sc2cc(C)ccc21. The lowest BCUT2D eigenvalue weighted by atomic mass is 10.2. The zero-order valence-corrected chi connectivity index (χ0v) is 15.5. The van der Waals surface area contributed by atoms with Crippen LogP contribution in [0.1, 0.15) is 11.1 Å². The Labute approximate surface area is 160 Å². The van der Waals surface area contributed by atoms with Crippen molar-refractivity contribution >= 4 is 33.5 Å². The molecule has 6 heteroatoms. The molecule has 4 rings (SSSR count). The van der Waals surface area contributed by atoms with Gasteiger partial charge in [0.05, 0.1) is 16.8 Å². The zero-order chi connectivity index (χ0) is 18.8. The van der Waals surface area contributed by atoms with E-state index >= 15 is 0 Å². The minimum Gasteiger partial charge on any atom is -0.454 e. The molecule has 5 nitrogen and oxygen atoms in total. The van der Waals surface area contributed by atoms with E-state index < -0.39 is 0 Å². The highest BCUT2D eigenvalue weighted by Crippen LogP contribution is 2.32. The van der Waals surface area contributed by atoms with Crippen molar-refractivity contribution in [3.8, 4) is 23.8 Å². The van der Waals surface area contributed by atoms with Gasteiger partial charge in [-0.2, -0.15) is 4.99 Å². The molecule has 0 spiro atoms. The standard InChI is InChI=1S/C21H16N2O3S/c1-3-10-23-16-7-4-14(2)11-19(16)27-21(23)22-20(24)9-6-15-5-8-17-18(12-15)26-13-25-17/h1,4-9,11-12H,10,13H2,2H3. The van der Waals surface area contributed by atoms with E-state index in [0.29, 0.717) is 22.8 Å². The minimum absolute atomic E-state index is 0.220. The van der Waals surface area contributed by atoms with Gasteiger partial charge in [-0.1, -0.05) is 29.4 Å². The number of amides is 1. The second-order valence-electron chi connectivity index (χ2n) is 6.04. The smallest absolute Gasteiger partial charge is 0.272 e. The van der Waals surface area contributed by atoms with Crippen molar-refractivity contribution in [1.29, 1.82) is 0 Å². The van der Waals surface area contributed by atoms with Crippen molar-refractivity contribution in [1.82, 2.24) is 4.57 Å². The molecule has 0 unspecified atom stereocenters. The number of hydrogen-bond donors (Lipinski definition) is 0. The van der Waals surface area contributed by atoms with Gasteiger partial charge >= 0.3 is 0 Å². The molecule has 1 amide bonds. The van der Waals surface area contributed by atoms with Gasteiger partial charge in [-0.3, -0.25) is 4.79 Å². The third kappa shape index (κ3) is 3.50. The number of nitrogens with zero attached hydrogens (tertiary/aromatic N) is 2. The van der Waals surface area contributed by atoms with E-state index in [0.717, 1.165) is 21.3 Å². The lowest BCUT2D eigenvalue weighted by molar-refractivity contribution is -0.113. The van der Waals surface area contributed by atoms with Crippen LogP contribution in [0.5, 0.6) is 11.5 Å². The first kappa shape index (κ1) is 17.1. The van der Waals surface area contributed by atoms with Crippen LogP contribution in [0.15, 0.2) is 47.5 Å². The number of aryl methyl sites for hydroxylation is 1. The fourth-order valence-corrected chi connectivity index (χ4v) is 3.96. The predicted octanol–water partition coefficient (Wildman–Crippen LogP) is 3.51. The van der Waals surface area contributed by atoms with Crippen LogP contribution >= 0.6 is 11.3 Å². The molecule has 2 aromatic carbocycles. The van der Waals surface area contributed by atoms with Crippen LogP contribution in [0, 0.1) is 19.3 Å². The summed E-state index contributed by atoms with van der Waals surface area (Å²) in [5, 5.41) is 0. The van der Waals surface area contributed by atoms with Gasteiger partial charge in [0.2, 0.25) is 6.79 Å². The predicted molar refractivity (Wildman–Crippen MR) is 106 cm³/mol. The number of carbonyl (C=O) groups is 1. The summed E-state index contributed by atoms with van der Waals surface area (Å²) in [4.78, 5) is 17.2. The molecule has 1 aromatic heterocycles. The maximum Gasteiger partial charge on any atom is 0.272 e. The van der Waals surface area contributed by atoms with Crippen molar-refractivity contribution in [2.75, 3.05) is 6.79 Å². The summed E-state index contributed by atoms with van der Waals surface area (Å²) in [6.45, 7) is 2.61.